The van der Waals surface area contributed by atoms with Crippen LogP contribution in [0.3, 0.4) is 0 Å². The molecule has 178 valence electrons. The summed E-state index contributed by atoms with van der Waals surface area (Å²) in [5, 5.41) is 11.4. The van der Waals surface area contributed by atoms with Gasteiger partial charge in [-0.05, 0) is 59.4 Å². The number of ether oxygens (including phenoxy) is 1. The van der Waals surface area contributed by atoms with E-state index >= 15 is 0 Å². The zero-order valence-corrected chi connectivity index (χ0v) is 20.1. The Morgan fingerprint density at radius 3 is 2.60 bits per heavy atom. The molecule has 2 aliphatic rings. The van der Waals surface area contributed by atoms with Crippen LogP contribution in [0.5, 0.6) is 5.75 Å². The number of pyridine rings is 1. The highest BCUT2D eigenvalue weighted by Crippen LogP contribution is 2.41. The van der Waals surface area contributed by atoms with Gasteiger partial charge in [0.2, 0.25) is 0 Å². The van der Waals surface area contributed by atoms with Gasteiger partial charge >= 0.3 is 0 Å². The van der Waals surface area contributed by atoms with E-state index in [1.807, 2.05) is 49.4 Å². The number of rotatable bonds is 5. The number of aromatic nitrogens is 1. The molecule has 3 aromatic rings. The number of hydrogen-bond donors (Lipinski definition) is 1. The summed E-state index contributed by atoms with van der Waals surface area (Å²) in [5.74, 6) is -0.355. The summed E-state index contributed by atoms with van der Waals surface area (Å²) in [5.41, 5.74) is 4.32. The van der Waals surface area contributed by atoms with Gasteiger partial charge in [-0.25, -0.2) is 0 Å². The normalized spacial score (nSPS) is 20.9. The fourth-order valence-electron chi connectivity index (χ4n) is 4.87. The largest absolute Gasteiger partial charge is 0.507 e. The number of Topliss-reactive ketones (excluding diaryl/α,β-unsaturated/α-hetero) is 1. The van der Waals surface area contributed by atoms with E-state index in [0.717, 1.165) is 34.4 Å². The number of hydrogen-bond acceptors (Lipinski definition) is 5. The molecule has 3 heterocycles. The van der Waals surface area contributed by atoms with Crippen molar-refractivity contribution in [1.82, 2.24) is 9.88 Å². The molecule has 0 bridgehead atoms. The molecular formula is C29H28N2O4. The Morgan fingerprint density at radius 2 is 1.91 bits per heavy atom. The average Bonchev–Trinajstić information content (AvgIpc) is 3.35. The summed E-state index contributed by atoms with van der Waals surface area (Å²) in [6.07, 6.45) is 4.14. The van der Waals surface area contributed by atoms with Crippen LogP contribution in [0.15, 0.2) is 72.6 Å². The van der Waals surface area contributed by atoms with Crippen LogP contribution in [0.25, 0.3) is 5.76 Å². The highest BCUT2D eigenvalue weighted by atomic mass is 16.5. The first-order valence-corrected chi connectivity index (χ1v) is 11.9. The molecular weight excluding hydrogens is 440 g/mol. The molecule has 0 unspecified atom stereocenters. The maximum absolute atomic E-state index is 13.3. The van der Waals surface area contributed by atoms with Crippen molar-refractivity contribution >= 4 is 17.4 Å². The SMILES string of the molecule is CC(C)c1ccc([C@@H]2/C(=C(\O)c3ccc4c(c3)C[C@@H](C)O4)C(=O)C(=O)N2Cc2cccnc2)cc1. The van der Waals surface area contributed by atoms with Crippen LogP contribution in [-0.2, 0) is 22.6 Å². The third-order valence-corrected chi connectivity index (χ3v) is 6.70. The van der Waals surface area contributed by atoms with Crippen molar-refractivity contribution in [2.45, 2.75) is 51.8 Å². The fraction of sp³-hybridized carbons (Fsp3) is 0.276. The summed E-state index contributed by atoms with van der Waals surface area (Å²) in [6.45, 7) is 6.43. The summed E-state index contributed by atoms with van der Waals surface area (Å²) in [6, 6.07) is 16.3. The molecule has 2 aromatic carbocycles. The van der Waals surface area contributed by atoms with Crippen molar-refractivity contribution in [2.75, 3.05) is 0 Å². The molecule has 1 aromatic heterocycles. The molecule has 6 nitrogen and oxygen atoms in total. The molecule has 35 heavy (non-hydrogen) atoms. The third kappa shape index (κ3) is 4.20. The molecule has 1 saturated heterocycles. The first-order chi connectivity index (χ1) is 16.8. The van der Waals surface area contributed by atoms with E-state index in [4.69, 9.17) is 4.74 Å². The van der Waals surface area contributed by atoms with E-state index in [-0.39, 0.29) is 24.0 Å². The van der Waals surface area contributed by atoms with Crippen molar-refractivity contribution in [2.24, 2.45) is 0 Å². The maximum atomic E-state index is 13.3. The lowest BCUT2D eigenvalue weighted by atomic mass is 9.92. The molecule has 6 heteroatoms. The number of carbonyl (C=O) groups excluding carboxylic acids is 2. The van der Waals surface area contributed by atoms with Crippen molar-refractivity contribution in [3.05, 3.63) is 100 Å². The zero-order valence-electron chi connectivity index (χ0n) is 20.1. The van der Waals surface area contributed by atoms with Crippen LogP contribution >= 0.6 is 0 Å². The number of aliphatic hydroxyl groups is 1. The van der Waals surface area contributed by atoms with Crippen LogP contribution < -0.4 is 4.74 Å². The Morgan fingerprint density at radius 1 is 1.14 bits per heavy atom. The smallest absolute Gasteiger partial charge is 0.295 e. The molecule has 0 radical (unpaired) electrons. The van der Waals surface area contributed by atoms with Crippen LogP contribution in [0, 0.1) is 0 Å². The quantitative estimate of drug-likeness (QED) is 0.318. The Labute approximate surface area is 204 Å². The van der Waals surface area contributed by atoms with Crippen molar-refractivity contribution in [3.8, 4) is 5.75 Å². The number of ketones is 1. The molecule has 5 rings (SSSR count). The number of fused-ring (bicyclic) bond motifs is 1. The first-order valence-electron chi connectivity index (χ1n) is 11.9. The van der Waals surface area contributed by atoms with Gasteiger partial charge in [0.15, 0.2) is 0 Å². The topological polar surface area (TPSA) is 79.7 Å². The van der Waals surface area contributed by atoms with Crippen molar-refractivity contribution in [1.29, 1.82) is 0 Å². The Balaban J connectivity index is 1.62. The zero-order chi connectivity index (χ0) is 24.7. The summed E-state index contributed by atoms with van der Waals surface area (Å²) in [4.78, 5) is 32.2. The van der Waals surface area contributed by atoms with Crippen molar-refractivity contribution < 1.29 is 19.4 Å². The monoisotopic (exact) mass is 468 g/mol. The van der Waals surface area contributed by atoms with Crippen molar-refractivity contribution in [3.63, 3.8) is 0 Å². The predicted molar refractivity (Wildman–Crippen MR) is 133 cm³/mol. The Kier molecular flexibility index (Phi) is 5.89. The van der Waals surface area contributed by atoms with E-state index in [1.165, 1.54) is 4.90 Å². The Bertz CT molecular complexity index is 1310. The predicted octanol–water partition coefficient (Wildman–Crippen LogP) is 5.15. The van der Waals surface area contributed by atoms with Gasteiger partial charge in [0.25, 0.3) is 11.7 Å². The molecule has 1 N–H and O–H groups in total. The minimum atomic E-state index is -0.708. The highest BCUT2D eigenvalue weighted by molar-refractivity contribution is 6.46. The Hall–Kier alpha value is -3.93. The van der Waals surface area contributed by atoms with Gasteiger partial charge in [0.05, 0.1) is 11.6 Å². The summed E-state index contributed by atoms with van der Waals surface area (Å²) >= 11 is 0. The molecule has 0 saturated carbocycles. The van der Waals surface area contributed by atoms with Gasteiger partial charge < -0.3 is 14.7 Å². The molecule has 2 aliphatic heterocycles. The lowest BCUT2D eigenvalue weighted by Gasteiger charge is -2.25. The van der Waals surface area contributed by atoms with E-state index in [1.54, 1.807) is 24.5 Å². The van der Waals surface area contributed by atoms with Crippen LogP contribution in [0.1, 0.15) is 60.5 Å². The van der Waals surface area contributed by atoms with Gasteiger partial charge in [-0.15, -0.1) is 0 Å². The highest BCUT2D eigenvalue weighted by Gasteiger charge is 2.46. The standard InChI is InChI=1S/C29H28N2O4/c1-17(2)20-6-8-21(9-7-20)26-25(27(32)22-10-11-24-23(14-22)13-18(3)35-24)28(33)29(34)31(26)16-19-5-4-12-30-15-19/h4-12,14-15,17-18,26,32H,13,16H2,1-3H3/b27-25+/t18-,26-/m1/s1. The number of benzene rings is 2. The van der Waals surface area contributed by atoms with E-state index < -0.39 is 17.7 Å². The molecule has 1 fully saturated rings. The number of likely N-dealkylation sites (tertiary alicyclic amines) is 1. The molecule has 0 spiro atoms. The summed E-state index contributed by atoms with van der Waals surface area (Å²) < 4.78 is 5.78. The number of nitrogens with zero attached hydrogens (tertiary/aromatic N) is 2. The molecule has 0 aliphatic carbocycles. The lowest BCUT2D eigenvalue weighted by molar-refractivity contribution is -0.140. The third-order valence-electron chi connectivity index (χ3n) is 6.70. The maximum Gasteiger partial charge on any atom is 0.295 e. The van der Waals surface area contributed by atoms with E-state index in [9.17, 15) is 14.7 Å². The number of aliphatic hydroxyl groups excluding tert-OH is 1. The second-order valence-electron chi connectivity index (χ2n) is 9.56. The van der Waals surface area contributed by atoms with Gasteiger partial charge in [0.1, 0.15) is 17.6 Å². The molecule has 1 amide bonds. The van der Waals surface area contributed by atoms with E-state index in [2.05, 4.69) is 18.8 Å². The number of carbonyl (C=O) groups is 2. The fourth-order valence-corrected chi connectivity index (χ4v) is 4.87. The second-order valence-corrected chi connectivity index (χ2v) is 9.56. The van der Waals surface area contributed by atoms with Crippen LogP contribution in [-0.4, -0.2) is 32.8 Å². The van der Waals surface area contributed by atoms with Crippen LogP contribution in [0.2, 0.25) is 0 Å². The van der Waals surface area contributed by atoms with Gasteiger partial charge in [-0.1, -0.05) is 44.2 Å². The minimum Gasteiger partial charge on any atom is -0.507 e. The first kappa shape index (κ1) is 22.8. The summed E-state index contributed by atoms with van der Waals surface area (Å²) in [7, 11) is 0. The van der Waals surface area contributed by atoms with Gasteiger partial charge in [-0.3, -0.25) is 14.6 Å². The second kappa shape index (κ2) is 9.02. The van der Waals surface area contributed by atoms with Gasteiger partial charge in [0, 0.05) is 30.9 Å². The molecule has 2 atom stereocenters. The van der Waals surface area contributed by atoms with Gasteiger partial charge in [-0.2, -0.15) is 0 Å². The van der Waals surface area contributed by atoms with E-state index in [0.29, 0.717) is 11.5 Å². The number of amides is 1. The van der Waals surface area contributed by atoms with Crippen LogP contribution in [0.4, 0.5) is 0 Å². The minimum absolute atomic E-state index is 0.0620. The average molecular weight is 469 g/mol. The lowest BCUT2D eigenvalue weighted by Crippen LogP contribution is -2.29.